The molecule has 0 saturated heterocycles. The van der Waals surface area contributed by atoms with E-state index >= 15 is 0 Å². The minimum Gasteiger partial charge on any atom is -0.315 e. The van der Waals surface area contributed by atoms with Crippen molar-refractivity contribution in [2.24, 2.45) is 4.99 Å². The fraction of sp³-hybridized carbons (Fsp3) is 0.150. The molecular weight excluding hydrogens is 361 g/mol. The lowest BCUT2D eigenvalue weighted by Crippen LogP contribution is -2.10. The van der Waals surface area contributed by atoms with E-state index in [4.69, 9.17) is 11.6 Å². The van der Waals surface area contributed by atoms with Gasteiger partial charge in [-0.25, -0.2) is 13.2 Å². The van der Waals surface area contributed by atoms with E-state index in [0.717, 1.165) is 12.6 Å². The van der Waals surface area contributed by atoms with E-state index in [9.17, 15) is 13.2 Å². The summed E-state index contributed by atoms with van der Waals surface area (Å²) in [4.78, 5) is 4.56. The summed E-state index contributed by atoms with van der Waals surface area (Å²) >= 11 is 6.02. The lowest BCUT2D eigenvalue weighted by atomic mass is 10.0. The standard InChI is InChI=1S/C20H14ClF3N2/c1-20(23,24)13-6-4-12(5-7-13)19-17-3-2-8-26(17)18-10-14(21)9-16(22)15(18)11-25-19/h2-10H,11H2,1H3. The van der Waals surface area contributed by atoms with Crippen LogP contribution in [0.25, 0.3) is 5.69 Å². The normalized spacial score (nSPS) is 13.7. The number of fused-ring (bicyclic) bond motifs is 3. The van der Waals surface area contributed by atoms with Crippen LogP contribution < -0.4 is 0 Å². The van der Waals surface area contributed by atoms with Crippen molar-refractivity contribution < 1.29 is 13.2 Å². The number of rotatable bonds is 2. The van der Waals surface area contributed by atoms with Crippen molar-refractivity contribution in [1.82, 2.24) is 4.57 Å². The Kier molecular flexibility index (Phi) is 3.92. The van der Waals surface area contributed by atoms with Crippen LogP contribution in [0.5, 0.6) is 0 Å². The first-order chi connectivity index (χ1) is 12.3. The topological polar surface area (TPSA) is 17.3 Å². The first-order valence-electron chi connectivity index (χ1n) is 8.04. The SMILES string of the molecule is CC(F)(F)c1ccc(C2=NCc3c(F)cc(Cl)cc3-n3cccc32)cc1. The molecule has 0 saturated carbocycles. The molecule has 0 N–H and O–H groups in total. The summed E-state index contributed by atoms with van der Waals surface area (Å²) < 4.78 is 43.1. The molecule has 26 heavy (non-hydrogen) atoms. The maximum atomic E-state index is 14.4. The van der Waals surface area contributed by atoms with Gasteiger partial charge in [0.1, 0.15) is 5.82 Å². The molecule has 0 aliphatic carbocycles. The van der Waals surface area contributed by atoms with E-state index in [0.29, 0.717) is 27.5 Å². The quantitative estimate of drug-likeness (QED) is 0.545. The first-order valence-corrected chi connectivity index (χ1v) is 8.41. The average Bonchev–Trinajstić information content (AvgIpc) is 2.99. The summed E-state index contributed by atoms with van der Waals surface area (Å²) in [5.74, 6) is -3.32. The van der Waals surface area contributed by atoms with Crippen molar-refractivity contribution in [2.75, 3.05) is 0 Å². The van der Waals surface area contributed by atoms with E-state index in [1.54, 1.807) is 24.4 Å². The van der Waals surface area contributed by atoms with Gasteiger partial charge in [-0.15, -0.1) is 0 Å². The fourth-order valence-corrected chi connectivity index (χ4v) is 3.34. The van der Waals surface area contributed by atoms with Crippen LogP contribution in [0.2, 0.25) is 5.02 Å². The summed E-state index contributed by atoms with van der Waals surface area (Å²) in [7, 11) is 0. The second kappa shape index (κ2) is 6.02. The van der Waals surface area contributed by atoms with Gasteiger partial charge in [0.15, 0.2) is 0 Å². The molecule has 1 aromatic heterocycles. The summed E-state index contributed by atoms with van der Waals surface area (Å²) in [6.07, 6.45) is 1.80. The predicted molar refractivity (Wildman–Crippen MR) is 96.1 cm³/mol. The summed E-state index contributed by atoms with van der Waals surface area (Å²) in [6, 6.07) is 12.7. The van der Waals surface area contributed by atoms with Crippen LogP contribution >= 0.6 is 11.6 Å². The molecule has 2 heterocycles. The van der Waals surface area contributed by atoms with Gasteiger partial charge in [0, 0.05) is 34.8 Å². The minimum absolute atomic E-state index is 0.0630. The molecule has 0 spiro atoms. The number of halogens is 4. The number of aromatic nitrogens is 1. The highest BCUT2D eigenvalue weighted by Crippen LogP contribution is 2.31. The van der Waals surface area contributed by atoms with Crippen molar-refractivity contribution in [3.8, 4) is 5.69 Å². The maximum absolute atomic E-state index is 14.4. The fourth-order valence-electron chi connectivity index (χ4n) is 3.14. The largest absolute Gasteiger partial charge is 0.315 e. The number of aliphatic imine (C=N–C) groups is 1. The van der Waals surface area contributed by atoms with Crippen LogP contribution in [0.3, 0.4) is 0 Å². The summed E-state index contributed by atoms with van der Waals surface area (Å²) in [5, 5.41) is 0.305. The lowest BCUT2D eigenvalue weighted by molar-refractivity contribution is 0.0175. The molecule has 0 amide bonds. The molecule has 0 fully saturated rings. The Morgan fingerprint density at radius 1 is 1.12 bits per heavy atom. The first kappa shape index (κ1) is 16.9. The number of hydrogen-bond acceptors (Lipinski definition) is 1. The van der Waals surface area contributed by atoms with Crippen LogP contribution in [0.1, 0.15) is 29.3 Å². The number of nitrogens with zero attached hydrogens (tertiary/aromatic N) is 2. The van der Waals surface area contributed by atoms with E-state index in [1.165, 1.54) is 18.2 Å². The third-order valence-electron chi connectivity index (χ3n) is 4.45. The van der Waals surface area contributed by atoms with Gasteiger partial charge in [0.05, 0.1) is 23.6 Å². The molecule has 3 aromatic rings. The molecule has 0 radical (unpaired) electrons. The van der Waals surface area contributed by atoms with Crippen LogP contribution in [0, 0.1) is 5.82 Å². The molecule has 1 aliphatic rings. The molecule has 4 rings (SSSR count). The monoisotopic (exact) mass is 374 g/mol. The van der Waals surface area contributed by atoms with Gasteiger partial charge in [0.25, 0.3) is 5.92 Å². The van der Waals surface area contributed by atoms with Crippen molar-refractivity contribution in [2.45, 2.75) is 19.4 Å². The van der Waals surface area contributed by atoms with Crippen LogP contribution in [0.15, 0.2) is 59.7 Å². The van der Waals surface area contributed by atoms with E-state index in [2.05, 4.69) is 4.99 Å². The zero-order chi connectivity index (χ0) is 18.5. The van der Waals surface area contributed by atoms with E-state index in [-0.39, 0.29) is 12.1 Å². The van der Waals surface area contributed by atoms with Gasteiger partial charge >= 0.3 is 0 Å². The highest BCUT2D eigenvalue weighted by molar-refractivity contribution is 6.30. The van der Waals surface area contributed by atoms with Crippen LogP contribution in [0.4, 0.5) is 13.2 Å². The zero-order valence-electron chi connectivity index (χ0n) is 13.8. The molecule has 132 valence electrons. The lowest BCUT2D eigenvalue weighted by Gasteiger charge is -2.13. The molecule has 0 bridgehead atoms. The van der Waals surface area contributed by atoms with Crippen molar-refractivity contribution in [3.05, 3.63) is 88.0 Å². The Morgan fingerprint density at radius 2 is 1.85 bits per heavy atom. The van der Waals surface area contributed by atoms with Crippen LogP contribution in [-0.4, -0.2) is 10.3 Å². The molecule has 0 unspecified atom stereocenters. The van der Waals surface area contributed by atoms with Gasteiger partial charge in [0.2, 0.25) is 0 Å². The Bertz CT molecular complexity index is 1010. The minimum atomic E-state index is -2.90. The van der Waals surface area contributed by atoms with Gasteiger partial charge < -0.3 is 4.57 Å². The molecule has 2 aromatic carbocycles. The second-order valence-corrected chi connectivity index (χ2v) is 6.72. The highest BCUT2D eigenvalue weighted by Gasteiger charge is 2.25. The Balaban J connectivity index is 1.85. The number of hydrogen-bond donors (Lipinski definition) is 0. The number of benzene rings is 2. The third-order valence-corrected chi connectivity index (χ3v) is 4.67. The predicted octanol–water partition coefficient (Wildman–Crippen LogP) is 5.73. The molecular formula is C20H14ClF3N2. The molecule has 1 aliphatic heterocycles. The van der Waals surface area contributed by atoms with Gasteiger partial charge in [-0.2, -0.15) is 0 Å². The van der Waals surface area contributed by atoms with Crippen molar-refractivity contribution in [3.63, 3.8) is 0 Å². The Hall–Kier alpha value is -2.53. The summed E-state index contributed by atoms with van der Waals surface area (Å²) in [6.45, 7) is 1.00. The highest BCUT2D eigenvalue weighted by atomic mass is 35.5. The van der Waals surface area contributed by atoms with Crippen LogP contribution in [-0.2, 0) is 12.5 Å². The Labute approximate surface area is 153 Å². The van der Waals surface area contributed by atoms with Gasteiger partial charge in [-0.3, -0.25) is 4.99 Å². The second-order valence-electron chi connectivity index (χ2n) is 6.28. The van der Waals surface area contributed by atoms with E-state index in [1.807, 2.05) is 16.7 Å². The van der Waals surface area contributed by atoms with Crippen molar-refractivity contribution in [1.29, 1.82) is 0 Å². The zero-order valence-corrected chi connectivity index (χ0v) is 14.6. The van der Waals surface area contributed by atoms with Gasteiger partial charge in [-0.05, 0) is 24.3 Å². The average molecular weight is 375 g/mol. The number of alkyl halides is 2. The van der Waals surface area contributed by atoms with E-state index < -0.39 is 11.7 Å². The molecule has 6 heteroatoms. The smallest absolute Gasteiger partial charge is 0.270 e. The van der Waals surface area contributed by atoms with Crippen molar-refractivity contribution >= 4 is 17.3 Å². The van der Waals surface area contributed by atoms with Gasteiger partial charge in [-0.1, -0.05) is 35.9 Å². The third kappa shape index (κ3) is 2.82. The molecule has 2 nitrogen and oxygen atoms in total. The Morgan fingerprint density at radius 3 is 2.54 bits per heavy atom. The molecule has 0 atom stereocenters. The maximum Gasteiger partial charge on any atom is 0.270 e. The summed E-state index contributed by atoms with van der Waals surface area (Å²) in [5.41, 5.74) is 3.07.